The number of halogens is 5. The van der Waals surface area contributed by atoms with Gasteiger partial charge in [0.25, 0.3) is 15.9 Å². The van der Waals surface area contributed by atoms with Gasteiger partial charge in [-0.15, -0.1) is 0 Å². The molecule has 0 aliphatic heterocycles. The molecule has 0 aliphatic carbocycles. The number of amides is 1. The van der Waals surface area contributed by atoms with Crippen molar-refractivity contribution in [2.24, 2.45) is 0 Å². The van der Waals surface area contributed by atoms with Crippen LogP contribution in [0.5, 0.6) is 0 Å². The lowest BCUT2D eigenvalue weighted by Gasteiger charge is -2.12. The molecule has 2 N–H and O–H groups in total. The van der Waals surface area contributed by atoms with Gasteiger partial charge in [-0.3, -0.25) is 14.5 Å². The number of benzene rings is 2. The van der Waals surface area contributed by atoms with E-state index in [-0.39, 0.29) is 31.9 Å². The van der Waals surface area contributed by atoms with Gasteiger partial charge in [0.2, 0.25) is 0 Å². The third-order valence-corrected chi connectivity index (χ3v) is 6.23. The molecule has 0 radical (unpaired) electrons. The number of sulfonamides is 1. The summed E-state index contributed by atoms with van der Waals surface area (Å²) >= 11 is 11.9. The number of rotatable bonds is 5. The lowest BCUT2D eigenvalue weighted by atomic mass is 10.2. The molecular weight excluding hydrogens is 478 g/mol. The van der Waals surface area contributed by atoms with E-state index in [9.17, 15) is 26.4 Å². The molecule has 0 fully saturated rings. The van der Waals surface area contributed by atoms with Gasteiger partial charge in [0.1, 0.15) is 10.6 Å². The Morgan fingerprint density at radius 1 is 0.903 bits per heavy atom. The van der Waals surface area contributed by atoms with Crippen molar-refractivity contribution in [3.05, 3.63) is 82.1 Å². The lowest BCUT2D eigenvalue weighted by Crippen LogP contribution is -2.15. The highest BCUT2D eigenvalue weighted by Crippen LogP contribution is 2.31. The summed E-state index contributed by atoms with van der Waals surface area (Å²) in [4.78, 5) is 15.1. The van der Waals surface area contributed by atoms with Crippen molar-refractivity contribution in [3.63, 3.8) is 0 Å². The van der Waals surface area contributed by atoms with Gasteiger partial charge in [0, 0.05) is 17.6 Å². The van der Waals surface area contributed by atoms with E-state index >= 15 is 0 Å². The van der Waals surface area contributed by atoms with Crippen LogP contribution in [0.4, 0.5) is 24.5 Å². The second kappa shape index (κ2) is 8.74. The molecule has 1 heterocycles. The average Bonchev–Trinajstić information content (AvgIpc) is 2.68. The van der Waals surface area contributed by atoms with Crippen LogP contribution in [0, 0.1) is 0 Å². The standard InChI is InChI=1S/C19H12Cl2F3N3O3S/c20-14-2-1-3-15(21)17(14)31(29,30)27-13-7-5-12(6-8-13)26-18(28)11-4-9-16(25-10-11)19(22,23)24/h1-10,27H,(H,26,28). The number of aromatic nitrogens is 1. The fourth-order valence-electron chi connectivity index (χ4n) is 2.47. The Morgan fingerprint density at radius 3 is 2.00 bits per heavy atom. The fourth-order valence-corrected chi connectivity index (χ4v) is 4.67. The number of nitrogens with one attached hydrogen (secondary N) is 2. The molecule has 162 valence electrons. The number of anilines is 2. The first-order chi connectivity index (χ1) is 14.5. The third-order valence-electron chi connectivity index (χ3n) is 3.90. The van der Waals surface area contributed by atoms with Gasteiger partial charge in [-0.2, -0.15) is 13.2 Å². The molecule has 3 aromatic rings. The van der Waals surface area contributed by atoms with Crippen LogP contribution in [0.2, 0.25) is 10.0 Å². The maximum absolute atomic E-state index is 12.6. The minimum atomic E-state index is -4.60. The van der Waals surface area contributed by atoms with E-state index in [0.717, 1.165) is 12.3 Å². The zero-order valence-corrected chi connectivity index (χ0v) is 17.6. The summed E-state index contributed by atoms with van der Waals surface area (Å²) in [6.07, 6.45) is -3.79. The highest BCUT2D eigenvalue weighted by Gasteiger charge is 2.32. The summed E-state index contributed by atoms with van der Waals surface area (Å²) in [5.41, 5.74) is -0.737. The summed E-state index contributed by atoms with van der Waals surface area (Å²) in [7, 11) is -4.07. The first kappa shape index (κ1) is 22.9. The first-order valence-corrected chi connectivity index (χ1v) is 10.6. The average molecular weight is 490 g/mol. The first-order valence-electron chi connectivity index (χ1n) is 8.39. The van der Waals surface area contributed by atoms with Crippen LogP contribution in [0.3, 0.4) is 0 Å². The Morgan fingerprint density at radius 2 is 1.48 bits per heavy atom. The predicted molar refractivity (Wildman–Crippen MR) is 111 cm³/mol. The van der Waals surface area contributed by atoms with Crippen LogP contribution in [0.25, 0.3) is 0 Å². The molecule has 3 rings (SSSR count). The molecule has 6 nitrogen and oxygen atoms in total. The Labute approximate surface area is 185 Å². The SMILES string of the molecule is O=C(Nc1ccc(NS(=O)(=O)c2c(Cl)cccc2Cl)cc1)c1ccc(C(F)(F)F)nc1. The highest BCUT2D eigenvalue weighted by molar-refractivity contribution is 7.93. The van der Waals surface area contributed by atoms with Crippen LogP contribution in [-0.4, -0.2) is 19.3 Å². The monoisotopic (exact) mass is 489 g/mol. The molecule has 31 heavy (non-hydrogen) atoms. The second-order valence-corrected chi connectivity index (χ2v) is 8.55. The molecule has 0 spiro atoms. The van der Waals surface area contributed by atoms with Gasteiger partial charge in [-0.25, -0.2) is 8.42 Å². The molecule has 0 bridgehead atoms. The van der Waals surface area contributed by atoms with Crippen LogP contribution < -0.4 is 10.0 Å². The third kappa shape index (κ3) is 5.46. The van der Waals surface area contributed by atoms with E-state index in [2.05, 4.69) is 15.0 Å². The molecule has 1 aromatic heterocycles. The number of carbonyl (C=O) groups excluding carboxylic acids is 1. The highest BCUT2D eigenvalue weighted by atomic mass is 35.5. The Kier molecular flexibility index (Phi) is 6.44. The van der Waals surface area contributed by atoms with Gasteiger partial charge < -0.3 is 5.32 Å². The summed E-state index contributed by atoms with van der Waals surface area (Å²) in [5, 5.41) is 2.38. The second-order valence-electron chi connectivity index (χ2n) is 6.12. The molecule has 0 saturated carbocycles. The van der Waals surface area contributed by atoms with Crippen LogP contribution >= 0.6 is 23.2 Å². The van der Waals surface area contributed by atoms with Gasteiger partial charge in [0.05, 0.1) is 15.6 Å². The number of hydrogen-bond donors (Lipinski definition) is 2. The molecule has 0 unspecified atom stereocenters. The molecule has 12 heteroatoms. The van der Waals surface area contributed by atoms with Gasteiger partial charge in [0.15, 0.2) is 0 Å². The van der Waals surface area contributed by atoms with Crippen molar-refractivity contribution in [2.75, 3.05) is 10.0 Å². The summed E-state index contributed by atoms with van der Waals surface area (Å²) < 4.78 is 65.1. The summed E-state index contributed by atoms with van der Waals surface area (Å²) in [6, 6.07) is 11.5. The molecule has 0 atom stereocenters. The van der Waals surface area contributed by atoms with Gasteiger partial charge in [-0.05, 0) is 48.5 Å². The van der Waals surface area contributed by atoms with E-state index in [1.54, 1.807) is 0 Å². The number of hydrogen-bond acceptors (Lipinski definition) is 4. The van der Waals surface area contributed by atoms with E-state index in [0.29, 0.717) is 6.07 Å². The molecule has 1 amide bonds. The predicted octanol–water partition coefficient (Wildman–Crippen LogP) is 5.46. The zero-order chi connectivity index (χ0) is 22.8. The topological polar surface area (TPSA) is 88.2 Å². The van der Waals surface area contributed by atoms with Gasteiger partial charge >= 0.3 is 6.18 Å². The lowest BCUT2D eigenvalue weighted by molar-refractivity contribution is -0.141. The summed E-state index contributed by atoms with van der Waals surface area (Å²) in [6.45, 7) is 0. The maximum Gasteiger partial charge on any atom is 0.433 e. The van der Waals surface area contributed by atoms with Crippen molar-refractivity contribution >= 4 is 50.5 Å². The Balaban J connectivity index is 1.71. The molecule has 0 saturated heterocycles. The smallest absolute Gasteiger partial charge is 0.322 e. The summed E-state index contributed by atoms with van der Waals surface area (Å²) in [5.74, 6) is -0.683. The van der Waals surface area contributed by atoms with Crippen molar-refractivity contribution in [3.8, 4) is 0 Å². The number of carbonyl (C=O) groups is 1. The van der Waals surface area contributed by atoms with Crippen LogP contribution in [0.15, 0.2) is 65.7 Å². The quantitative estimate of drug-likeness (QED) is 0.497. The number of alkyl halides is 3. The van der Waals surface area contributed by atoms with E-state index < -0.39 is 27.8 Å². The largest absolute Gasteiger partial charge is 0.433 e. The molecular formula is C19H12Cl2F3N3O3S. The van der Waals surface area contributed by atoms with Crippen molar-refractivity contribution in [1.82, 2.24) is 4.98 Å². The van der Waals surface area contributed by atoms with Crippen molar-refractivity contribution in [1.29, 1.82) is 0 Å². The zero-order valence-electron chi connectivity index (χ0n) is 15.2. The van der Waals surface area contributed by atoms with Gasteiger partial charge in [-0.1, -0.05) is 29.3 Å². The van der Waals surface area contributed by atoms with Crippen LogP contribution in [-0.2, 0) is 16.2 Å². The van der Waals surface area contributed by atoms with E-state index in [4.69, 9.17) is 23.2 Å². The van der Waals surface area contributed by atoms with Crippen LogP contribution in [0.1, 0.15) is 16.1 Å². The van der Waals surface area contributed by atoms with Crippen molar-refractivity contribution in [2.45, 2.75) is 11.1 Å². The van der Waals surface area contributed by atoms with Crippen molar-refractivity contribution < 1.29 is 26.4 Å². The molecule has 0 aliphatic rings. The fraction of sp³-hybridized carbons (Fsp3) is 0.0526. The Hall–Kier alpha value is -2.82. The minimum Gasteiger partial charge on any atom is -0.322 e. The maximum atomic E-state index is 12.6. The Bertz CT molecular complexity index is 1200. The minimum absolute atomic E-state index is 0.0472. The number of nitrogens with zero attached hydrogens (tertiary/aromatic N) is 1. The number of pyridine rings is 1. The molecule has 2 aromatic carbocycles. The van der Waals surface area contributed by atoms with E-state index in [1.807, 2.05) is 0 Å². The van der Waals surface area contributed by atoms with E-state index in [1.165, 1.54) is 42.5 Å². The normalized spacial score (nSPS) is 11.8.